The predicted molar refractivity (Wildman–Crippen MR) is 64.9 cm³/mol. The third-order valence-corrected chi connectivity index (χ3v) is 3.09. The lowest BCUT2D eigenvalue weighted by molar-refractivity contribution is 0.817. The van der Waals surface area contributed by atoms with Gasteiger partial charge in [0.25, 0.3) is 0 Å². The van der Waals surface area contributed by atoms with E-state index in [1.807, 2.05) is 7.05 Å². The molecule has 0 fully saturated rings. The first-order valence-electron chi connectivity index (χ1n) is 4.42. The van der Waals surface area contributed by atoms with Crippen LogP contribution in [0.2, 0.25) is 0 Å². The Balaban J connectivity index is 2.50. The van der Waals surface area contributed by atoms with Crippen LogP contribution in [0.4, 0.5) is 0 Å². The number of benzene rings is 1. The molecule has 0 saturated carbocycles. The molecule has 0 aromatic heterocycles. The highest BCUT2D eigenvalue weighted by Crippen LogP contribution is 2.21. The molecule has 0 aliphatic heterocycles. The number of hydrogen-bond donors (Lipinski definition) is 1. The summed E-state index contributed by atoms with van der Waals surface area (Å²) in [5.74, 6) is 0.771. The monoisotopic (exact) mass is 227 g/mol. The summed E-state index contributed by atoms with van der Waals surface area (Å²) < 4.78 is 0. The van der Waals surface area contributed by atoms with E-state index >= 15 is 0 Å². The van der Waals surface area contributed by atoms with Gasteiger partial charge in [-0.3, -0.25) is 0 Å². The maximum Gasteiger partial charge on any atom is 0.0334 e. The van der Waals surface area contributed by atoms with E-state index < -0.39 is 0 Å². The summed E-state index contributed by atoms with van der Waals surface area (Å²) in [4.78, 5) is 1.23. The minimum absolute atomic E-state index is 0.689. The van der Waals surface area contributed by atoms with Gasteiger partial charge in [-0.1, -0.05) is 30.3 Å². The van der Waals surface area contributed by atoms with Crippen LogP contribution >= 0.6 is 23.4 Å². The Morgan fingerprint density at radius 3 is 2.57 bits per heavy atom. The molecule has 3 heteroatoms. The molecule has 76 valence electrons. The van der Waals surface area contributed by atoms with Gasteiger partial charge >= 0.3 is 0 Å². The van der Waals surface area contributed by atoms with Crippen LogP contribution in [0.3, 0.4) is 0 Å². The zero-order valence-corrected chi connectivity index (χ0v) is 9.79. The molecule has 0 aliphatic rings. The summed E-state index contributed by atoms with van der Waals surface area (Å²) in [6.45, 7) is 4.56. The van der Waals surface area contributed by atoms with Crippen LogP contribution in [0.5, 0.6) is 0 Å². The van der Waals surface area contributed by atoms with E-state index in [1.54, 1.807) is 11.8 Å². The Labute approximate surface area is 94.5 Å². The average molecular weight is 228 g/mol. The summed E-state index contributed by atoms with van der Waals surface area (Å²) in [6, 6.07) is 8.46. The van der Waals surface area contributed by atoms with Gasteiger partial charge in [-0.15, -0.1) is 11.8 Å². The number of thioether (sulfide) groups is 1. The zero-order chi connectivity index (χ0) is 10.4. The number of nitrogens with one attached hydrogen (secondary N) is 1. The highest BCUT2D eigenvalue weighted by molar-refractivity contribution is 7.99. The fraction of sp³-hybridized carbons (Fsp3) is 0.273. The van der Waals surface area contributed by atoms with E-state index in [9.17, 15) is 0 Å². The van der Waals surface area contributed by atoms with Crippen molar-refractivity contribution in [3.8, 4) is 0 Å². The molecule has 0 spiro atoms. The van der Waals surface area contributed by atoms with Gasteiger partial charge in [0.1, 0.15) is 0 Å². The zero-order valence-electron chi connectivity index (χ0n) is 8.22. The van der Waals surface area contributed by atoms with Crippen LogP contribution in [0.1, 0.15) is 5.56 Å². The SMILES string of the molecule is C=C(Cl)CSc1ccc(CNC)cc1. The van der Waals surface area contributed by atoms with E-state index in [1.165, 1.54) is 10.5 Å². The smallest absolute Gasteiger partial charge is 0.0334 e. The first-order chi connectivity index (χ1) is 6.72. The molecule has 0 bridgehead atoms. The Hall–Kier alpha value is -0.440. The molecule has 0 radical (unpaired) electrons. The molecular formula is C11H14ClNS. The summed E-state index contributed by atoms with van der Waals surface area (Å²) >= 11 is 7.39. The van der Waals surface area contributed by atoms with Crippen LogP contribution in [-0.4, -0.2) is 12.8 Å². The second-order valence-electron chi connectivity index (χ2n) is 2.98. The molecule has 0 saturated heterocycles. The first-order valence-corrected chi connectivity index (χ1v) is 5.78. The van der Waals surface area contributed by atoms with Gasteiger partial charge < -0.3 is 5.32 Å². The molecule has 14 heavy (non-hydrogen) atoms. The van der Waals surface area contributed by atoms with Crippen molar-refractivity contribution >= 4 is 23.4 Å². The first kappa shape index (κ1) is 11.6. The van der Waals surface area contributed by atoms with E-state index in [0.717, 1.165) is 12.3 Å². The van der Waals surface area contributed by atoms with E-state index in [4.69, 9.17) is 11.6 Å². The maximum atomic E-state index is 5.68. The van der Waals surface area contributed by atoms with Gasteiger partial charge in [0, 0.05) is 22.2 Å². The molecule has 0 unspecified atom stereocenters. The Bertz CT molecular complexity index is 295. The normalized spacial score (nSPS) is 10.1. The molecular weight excluding hydrogens is 214 g/mol. The third kappa shape index (κ3) is 4.18. The minimum atomic E-state index is 0.689. The van der Waals surface area contributed by atoms with Crippen LogP contribution in [0.15, 0.2) is 40.8 Å². The molecule has 1 aromatic rings. The fourth-order valence-electron chi connectivity index (χ4n) is 1.07. The highest BCUT2D eigenvalue weighted by Gasteiger charge is 1.95. The topological polar surface area (TPSA) is 12.0 Å². The van der Waals surface area contributed by atoms with Crippen molar-refractivity contribution in [1.29, 1.82) is 0 Å². The lowest BCUT2D eigenvalue weighted by Crippen LogP contribution is -2.04. The molecule has 1 rings (SSSR count). The molecule has 0 heterocycles. The molecule has 0 amide bonds. The van der Waals surface area contributed by atoms with Gasteiger partial charge in [0.15, 0.2) is 0 Å². The van der Waals surface area contributed by atoms with Crippen LogP contribution in [-0.2, 0) is 6.54 Å². The van der Waals surface area contributed by atoms with Gasteiger partial charge in [-0.25, -0.2) is 0 Å². The van der Waals surface area contributed by atoms with Crippen molar-refractivity contribution in [1.82, 2.24) is 5.32 Å². The summed E-state index contributed by atoms with van der Waals surface area (Å²) in [5.41, 5.74) is 1.29. The van der Waals surface area contributed by atoms with Gasteiger partial charge in [-0.2, -0.15) is 0 Å². The van der Waals surface area contributed by atoms with Crippen molar-refractivity contribution in [2.45, 2.75) is 11.4 Å². The summed E-state index contributed by atoms with van der Waals surface area (Å²) in [5, 5.41) is 3.80. The number of halogens is 1. The van der Waals surface area contributed by atoms with Crippen molar-refractivity contribution in [2.75, 3.05) is 12.8 Å². The molecule has 0 atom stereocenters. The van der Waals surface area contributed by atoms with Crippen LogP contribution < -0.4 is 5.32 Å². The Morgan fingerprint density at radius 2 is 2.07 bits per heavy atom. The predicted octanol–water partition coefficient (Wildman–Crippen LogP) is 3.25. The van der Waals surface area contributed by atoms with Gasteiger partial charge in [0.2, 0.25) is 0 Å². The third-order valence-electron chi connectivity index (χ3n) is 1.70. The van der Waals surface area contributed by atoms with Crippen LogP contribution in [0.25, 0.3) is 0 Å². The summed E-state index contributed by atoms with van der Waals surface area (Å²) in [7, 11) is 1.94. The van der Waals surface area contributed by atoms with Crippen molar-refractivity contribution in [2.24, 2.45) is 0 Å². The number of rotatable bonds is 5. The maximum absolute atomic E-state index is 5.68. The van der Waals surface area contributed by atoms with E-state index in [0.29, 0.717) is 5.03 Å². The second kappa shape index (κ2) is 6.12. The molecule has 1 aromatic carbocycles. The lowest BCUT2D eigenvalue weighted by atomic mass is 10.2. The van der Waals surface area contributed by atoms with E-state index in [2.05, 4.69) is 36.2 Å². The molecule has 1 nitrogen and oxygen atoms in total. The standard InChI is InChI=1S/C11H14ClNS/c1-9(12)8-14-11-5-3-10(4-6-11)7-13-2/h3-6,13H,1,7-8H2,2H3. The Kier molecular flexibility index (Phi) is 5.09. The molecule has 0 aliphatic carbocycles. The fourth-order valence-corrected chi connectivity index (χ4v) is 1.88. The van der Waals surface area contributed by atoms with Crippen molar-refractivity contribution in [3.05, 3.63) is 41.4 Å². The van der Waals surface area contributed by atoms with Gasteiger partial charge in [0.05, 0.1) is 0 Å². The second-order valence-corrected chi connectivity index (χ2v) is 4.56. The van der Waals surface area contributed by atoms with Crippen molar-refractivity contribution in [3.63, 3.8) is 0 Å². The van der Waals surface area contributed by atoms with E-state index in [-0.39, 0.29) is 0 Å². The number of hydrogen-bond acceptors (Lipinski definition) is 2. The summed E-state index contributed by atoms with van der Waals surface area (Å²) in [6.07, 6.45) is 0. The lowest BCUT2D eigenvalue weighted by Gasteiger charge is -2.02. The molecule has 1 N–H and O–H groups in total. The largest absolute Gasteiger partial charge is 0.316 e. The van der Waals surface area contributed by atoms with Crippen molar-refractivity contribution < 1.29 is 0 Å². The minimum Gasteiger partial charge on any atom is -0.316 e. The quantitative estimate of drug-likeness (QED) is 0.776. The van der Waals surface area contributed by atoms with Gasteiger partial charge in [-0.05, 0) is 24.7 Å². The van der Waals surface area contributed by atoms with Crippen LogP contribution in [0, 0.1) is 0 Å². The Morgan fingerprint density at radius 1 is 1.43 bits per heavy atom. The highest BCUT2D eigenvalue weighted by atomic mass is 35.5. The average Bonchev–Trinajstić information content (AvgIpc) is 2.17.